The van der Waals surface area contributed by atoms with Crippen LogP contribution in [0.4, 0.5) is 0 Å². The van der Waals surface area contributed by atoms with Crippen molar-refractivity contribution in [3.05, 3.63) is 33.8 Å². The van der Waals surface area contributed by atoms with Crippen molar-refractivity contribution in [3.63, 3.8) is 0 Å². The zero-order chi connectivity index (χ0) is 12.8. The van der Waals surface area contributed by atoms with E-state index < -0.39 is 0 Å². The van der Waals surface area contributed by atoms with E-state index in [4.69, 9.17) is 35.4 Å². The zero-order valence-electron chi connectivity index (χ0n) is 9.96. The summed E-state index contributed by atoms with van der Waals surface area (Å²) < 4.78 is 0. The Bertz CT molecular complexity index is 392. The van der Waals surface area contributed by atoms with Crippen molar-refractivity contribution in [2.45, 2.75) is 20.4 Å². The highest BCUT2D eigenvalue weighted by Crippen LogP contribution is 2.22. The van der Waals surface area contributed by atoms with Crippen LogP contribution < -0.4 is 5.32 Å². The molecule has 0 spiro atoms. The highest BCUT2D eigenvalue weighted by Gasteiger charge is 2.05. The molecule has 0 atom stereocenters. The lowest BCUT2D eigenvalue weighted by molar-refractivity contribution is 0.456. The fourth-order valence-corrected chi connectivity index (χ4v) is 2.10. The number of rotatable bonds is 4. The van der Waals surface area contributed by atoms with Crippen molar-refractivity contribution in [3.8, 4) is 0 Å². The van der Waals surface area contributed by atoms with E-state index in [1.54, 1.807) is 6.07 Å². The molecule has 0 unspecified atom stereocenters. The summed E-state index contributed by atoms with van der Waals surface area (Å²) in [4.78, 5) is 2.09. The van der Waals surface area contributed by atoms with Crippen LogP contribution in [0.5, 0.6) is 0 Å². The number of nitrogens with one attached hydrogen (secondary N) is 1. The lowest BCUT2D eigenvalue weighted by Crippen LogP contribution is -2.39. The van der Waals surface area contributed by atoms with Gasteiger partial charge in [-0.15, -0.1) is 0 Å². The highest BCUT2D eigenvalue weighted by molar-refractivity contribution is 7.80. The number of hydrogen-bond acceptors (Lipinski definition) is 1. The number of thiocarbonyl (C=S) groups is 1. The summed E-state index contributed by atoms with van der Waals surface area (Å²) in [5.74, 6) is 0. The van der Waals surface area contributed by atoms with E-state index in [-0.39, 0.29) is 0 Å². The molecular formula is C12H16Cl2N2S. The third-order valence-electron chi connectivity index (χ3n) is 2.48. The van der Waals surface area contributed by atoms with Crippen LogP contribution in [-0.2, 0) is 6.54 Å². The average Bonchev–Trinajstić information content (AvgIpc) is 2.32. The third kappa shape index (κ3) is 4.34. The van der Waals surface area contributed by atoms with Crippen molar-refractivity contribution in [1.82, 2.24) is 10.2 Å². The maximum Gasteiger partial charge on any atom is 0.169 e. The van der Waals surface area contributed by atoms with Crippen molar-refractivity contribution < 1.29 is 0 Å². The molecule has 0 bridgehead atoms. The third-order valence-corrected chi connectivity index (χ3v) is 3.62. The van der Waals surface area contributed by atoms with Crippen LogP contribution in [0.2, 0.25) is 10.0 Å². The number of halogens is 2. The lowest BCUT2D eigenvalue weighted by Gasteiger charge is -2.22. The molecule has 0 saturated heterocycles. The van der Waals surface area contributed by atoms with Crippen LogP contribution in [0, 0.1) is 0 Å². The van der Waals surface area contributed by atoms with Crippen molar-refractivity contribution in [2.24, 2.45) is 0 Å². The van der Waals surface area contributed by atoms with Gasteiger partial charge in [0.2, 0.25) is 0 Å². The minimum absolute atomic E-state index is 0.569. The molecule has 17 heavy (non-hydrogen) atoms. The topological polar surface area (TPSA) is 15.3 Å². The lowest BCUT2D eigenvalue weighted by atomic mass is 10.2. The monoisotopic (exact) mass is 290 g/mol. The van der Waals surface area contributed by atoms with Crippen molar-refractivity contribution in [1.29, 1.82) is 0 Å². The molecule has 2 nitrogen and oxygen atoms in total. The summed E-state index contributed by atoms with van der Waals surface area (Å²) in [6.45, 7) is 6.63. The van der Waals surface area contributed by atoms with Gasteiger partial charge in [0.25, 0.3) is 0 Å². The van der Waals surface area contributed by atoms with E-state index in [1.807, 2.05) is 12.1 Å². The summed E-state index contributed by atoms with van der Waals surface area (Å²) in [5, 5.41) is 5.11. The minimum atomic E-state index is 0.569. The Balaban J connectivity index is 2.55. The van der Waals surface area contributed by atoms with E-state index >= 15 is 0 Å². The molecule has 0 fully saturated rings. The Kier molecular flexibility index (Phi) is 6.03. The van der Waals surface area contributed by atoms with Crippen LogP contribution >= 0.6 is 35.4 Å². The van der Waals surface area contributed by atoms with Gasteiger partial charge in [0.1, 0.15) is 0 Å². The maximum atomic E-state index is 5.94. The molecule has 0 saturated carbocycles. The number of benzene rings is 1. The standard InChI is InChI=1S/C12H16Cl2N2S/c1-3-16(4-2)12(17)15-8-9-5-6-10(13)11(14)7-9/h5-7H,3-4,8H2,1-2H3,(H,15,17). The van der Waals surface area contributed by atoms with E-state index in [9.17, 15) is 0 Å². The Morgan fingerprint density at radius 1 is 1.24 bits per heavy atom. The van der Waals surface area contributed by atoms with Gasteiger partial charge in [-0.05, 0) is 43.8 Å². The van der Waals surface area contributed by atoms with Gasteiger partial charge in [0.05, 0.1) is 10.0 Å². The molecule has 0 aliphatic rings. The molecule has 0 aliphatic heterocycles. The average molecular weight is 291 g/mol. The van der Waals surface area contributed by atoms with Gasteiger partial charge in [-0.1, -0.05) is 29.3 Å². The van der Waals surface area contributed by atoms with Gasteiger partial charge in [0.15, 0.2) is 5.11 Å². The first-order valence-corrected chi connectivity index (χ1v) is 6.71. The molecule has 0 aliphatic carbocycles. The maximum absolute atomic E-state index is 5.94. The smallest absolute Gasteiger partial charge is 0.169 e. The quantitative estimate of drug-likeness (QED) is 0.851. The minimum Gasteiger partial charge on any atom is -0.358 e. The largest absolute Gasteiger partial charge is 0.358 e. The van der Waals surface area contributed by atoms with Crippen molar-refractivity contribution in [2.75, 3.05) is 13.1 Å². The Morgan fingerprint density at radius 3 is 2.41 bits per heavy atom. The highest BCUT2D eigenvalue weighted by atomic mass is 35.5. The molecule has 0 radical (unpaired) electrons. The summed E-state index contributed by atoms with van der Waals surface area (Å²) in [5.41, 5.74) is 1.06. The van der Waals surface area contributed by atoms with Gasteiger partial charge in [-0.2, -0.15) is 0 Å². The van der Waals surface area contributed by atoms with Crippen LogP contribution in [0.1, 0.15) is 19.4 Å². The summed E-state index contributed by atoms with van der Waals surface area (Å²) in [6.07, 6.45) is 0. The first-order valence-electron chi connectivity index (χ1n) is 5.55. The first kappa shape index (κ1) is 14.6. The molecule has 5 heteroatoms. The zero-order valence-corrected chi connectivity index (χ0v) is 12.3. The second-order valence-corrected chi connectivity index (χ2v) is 4.78. The van der Waals surface area contributed by atoms with E-state index in [0.717, 1.165) is 23.8 Å². The second kappa shape index (κ2) is 7.04. The summed E-state index contributed by atoms with van der Waals surface area (Å²) in [6, 6.07) is 5.58. The van der Waals surface area contributed by atoms with Crippen LogP contribution in [0.25, 0.3) is 0 Å². The Morgan fingerprint density at radius 2 is 1.88 bits per heavy atom. The Hall–Kier alpha value is -0.510. The van der Waals surface area contributed by atoms with E-state index in [1.165, 1.54) is 0 Å². The summed E-state index contributed by atoms with van der Waals surface area (Å²) >= 11 is 17.1. The van der Waals surface area contributed by atoms with Crippen molar-refractivity contribution >= 4 is 40.5 Å². The normalized spacial score (nSPS) is 10.1. The second-order valence-electron chi connectivity index (χ2n) is 3.58. The molecule has 1 aromatic carbocycles. The molecule has 0 amide bonds. The molecule has 1 N–H and O–H groups in total. The predicted molar refractivity (Wildman–Crippen MR) is 78.8 cm³/mol. The fraction of sp³-hybridized carbons (Fsp3) is 0.417. The molecule has 0 heterocycles. The van der Waals surface area contributed by atoms with E-state index in [2.05, 4.69) is 24.1 Å². The van der Waals surface area contributed by atoms with Crippen LogP contribution in [0.3, 0.4) is 0 Å². The van der Waals surface area contributed by atoms with Gasteiger partial charge >= 0.3 is 0 Å². The van der Waals surface area contributed by atoms with Crippen LogP contribution in [0.15, 0.2) is 18.2 Å². The van der Waals surface area contributed by atoms with Gasteiger partial charge in [-0.3, -0.25) is 0 Å². The van der Waals surface area contributed by atoms with Gasteiger partial charge in [0, 0.05) is 19.6 Å². The number of hydrogen-bond donors (Lipinski definition) is 1. The Labute approximate surface area is 118 Å². The van der Waals surface area contributed by atoms with Crippen LogP contribution in [-0.4, -0.2) is 23.1 Å². The fourth-order valence-electron chi connectivity index (χ4n) is 1.45. The SMILES string of the molecule is CCN(CC)C(=S)NCc1ccc(Cl)c(Cl)c1. The molecule has 0 aromatic heterocycles. The molecular weight excluding hydrogens is 275 g/mol. The predicted octanol–water partition coefficient (Wildman–Crippen LogP) is 3.71. The molecule has 94 valence electrons. The molecule has 1 aromatic rings. The number of nitrogens with zero attached hydrogens (tertiary/aromatic N) is 1. The van der Waals surface area contributed by atoms with Gasteiger partial charge < -0.3 is 10.2 Å². The summed E-state index contributed by atoms with van der Waals surface area (Å²) in [7, 11) is 0. The first-order chi connectivity index (χ1) is 8.08. The van der Waals surface area contributed by atoms with E-state index in [0.29, 0.717) is 16.6 Å². The molecule has 1 rings (SSSR count). The van der Waals surface area contributed by atoms with Gasteiger partial charge in [-0.25, -0.2) is 0 Å².